The van der Waals surface area contributed by atoms with Crippen molar-refractivity contribution in [1.82, 2.24) is 4.90 Å². The lowest BCUT2D eigenvalue weighted by atomic mass is 10.0. The fourth-order valence-electron chi connectivity index (χ4n) is 2.37. The van der Waals surface area contributed by atoms with E-state index in [1.54, 1.807) is 4.90 Å². The Morgan fingerprint density at radius 1 is 1.29 bits per heavy atom. The van der Waals surface area contributed by atoms with E-state index in [2.05, 4.69) is 5.16 Å². The minimum atomic E-state index is -0.777. The third-order valence-corrected chi connectivity index (χ3v) is 3.51. The summed E-state index contributed by atoms with van der Waals surface area (Å²) in [6.07, 6.45) is -0.642. The maximum atomic E-state index is 13.7. The first-order chi connectivity index (χ1) is 10.1. The van der Waals surface area contributed by atoms with E-state index in [9.17, 15) is 13.6 Å². The number of carbonyl (C=O) groups excluding carboxylic acids is 1. The maximum Gasteiger partial charge on any atom is 0.267 e. The maximum absolute atomic E-state index is 13.7. The van der Waals surface area contributed by atoms with Crippen molar-refractivity contribution in [3.63, 3.8) is 0 Å². The van der Waals surface area contributed by atoms with Gasteiger partial charge >= 0.3 is 0 Å². The molecule has 0 N–H and O–H groups in total. The molecule has 21 heavy (non-hydrogen) atoms. The fourth-order valence-corrected chi connectivity index (χ4v) is 2.37. The van der Waals surface area contributed by atoms with E-state index in [0.29, 0.717) is 26.3 Å². The van der Waals surface area contributed by atoms with Crippen LogP contribution in [0.25, 0.3) is 0 Å². The number of benzene rings is 1. The van der Waals surface area contributed by atoms with Crippen LogP contribution >= 0.6 is 0 Å². The molecule has 112 valence electrons. The number of ether oxygens (including phenoxy) is 1. The lowest BCUT2D eigenvalue weighted by Gasteiger charge is -2.28. The summed E-state index contributed by atoms with van der Waals surface area (Å²) >= 11 is 0. The normalized spacial score (nSPS) is 21.9. The molecule has 0 aliphatic carbocycles. The Labute approximate surface area is 120 Å². The molecule has 2 heterocycles. The Morgan fingerprint density at radius 2 is 2.05 bits per heavy atom. The Kier molecular flexibility index (Phi) is 3.83. The van der Waals surface area contributed by atoms with Crippen molar-refractivity contribution in [3.05, 3.63) is 35.4 Å². The predicted octanol–water partition coefficient (Wildman–Crippen LogP) is 1.32. The van der Waals surface area contributed by atoms with E-state index in [4.69, 9.17) is 9.57 Å². The van der Waals surface area contributed by atoms with Crippen molar-refractivity contribution >= 4 is 11.6 Å². The SMILES string of the molecule is O=C(C1CC(c2cc(F)ccc2F)=NO1)N1CCOCC1. The van der Waals surface area contributed by atoms with E-state index in [1.165, 1.54) is 0 Å². The van der Waals surface area contributed by atoms with Gasteiger partial charge in [0.2, 0.25) is 6.10 Å². The summed E-state index contributed by atoms with van der Waals surface area (Å²) in [4.78, 5) is 19.0. The van der Waals surface area contributed by atoms with Gasteiger partial charge < -0.3 is 14.5 Å². The van der Waals surface area contributed by atoms with Crippen LogP contribution in [-0.2, 0) is 14.4 Å². The van der Waals surface area contributed by atoms with Crippen LogP contribution < -0.4 is 0 Å². The van der Waals surface area contributed by atoms with Crippen molar-refractivity contribution in [2.24, 2.45) is 5.16 Å². The Morgan fingerprint density at radius 3 is 2.81 bits per heavy atom. The molecule has 3 rings (SSSR count). The van der Waals surface area contributed by atoms with Crippen LogP contribution in [0.3, 0.4) is 0 Å². The molecule has 0 radical (unpaired) electrons. The second-order valence-electron chi connectivity index (χ2n) is 4.90. The molecule has 0 bridgehead atoms. The number of hydrogen-bond acceptors (Lipinski definition) is 4. The van der Waals surface area contributed by atoms with Crippen LogP contribution in [0.1, 0.15) is 12.0 Å². The molecule has 1 amide bonds. The Hall–Kier alpha value is -2.02. The van der Waals surface area contributed by atoms with E-state index in [-0.39, 0.29) is 23.6 Å². The third kappa shape index (κ3) is 2.87. The number of halogens is 2. The Bertz CT molecular complexity index is 586. The Balaban J connectivity index is 1.69. The van der Waals surface area contributed by atoms with Gasteiger partial charge in [-0.2, -0.15) is 0 Å². The first-order valence-corrected chi connectivity index (χ1v) is 6.70. The summed E-state index contributed by atoms with van der Waals surface area (Å²) < 4.78 is 32.1. The summed E-state index contributed by atoms with van der Waals surface area (Å²) in [6.45, 7) is 1.99. The molecule has 1 atom stereocenters. The van der Waals surface area contributed by atoms with Gasteiger partial charge in [0.15, 0.2) is 0 Å². The highest BCUT2D eigenvalue weighted by molar-refractivity contribution is 6.04. The van der Waals surface area contributed by atoms with Crippen molar-refractivity contribution in [2.45, 2.75) is 12.5 Å². The topological polar surface area (TPSA) is 51.1 Å². The van der Waals surface area contributed by atoms with E-state index in [0.717, 1.165) is 18.2 Å². The highest BCUT2D eigenvalue weighted by Crippen LogP contribution is 2.21. The zero-order valence-electron chi connectivity index (χ0n) is 11.2. The summed E-state index contributed by atoms with van der Waals surface area (Å²) in [5, 5.41) is 3.74. The zero-order valence-corrected chi connectivity index (χ0v) is 11.2. The number of hydrogen-bond donors (Lipinski definition) is 0. The minimum Gasteiger partial charge on any atom is -0.382 e. The first kappa shape index (κ1) is 13.9. The average Bonchev–Trinajstić information content (AvgIpc) is 2.99. The van der Waals surface area contributed by atoms with Crippen LogP contribution in [0, 0.1) is 11.6 Å². The van der Waals surface area contributed by atoms with Crippen molar-refractivity contribution in [2.75, 3.05) is 26.3 Å². The lowest BCUT2D eigenvalue weighted by Crippen LogP contribution is -2.45. The molecule has 0 aromatic heterocycles. The molecule has 7 heteroatoms. The number of rotatable bonds is 2. The molecule has 5 nitrogen and oxygen atoms in total. The van der Waals surface area contributed by atoms with Gasteiger partial charge in [-0.3, -0.25) is 4.79 Å². The van der Waals surface area contributed by atoms with Gasteiger partial charge in [-0.25, -0.2) is 8.78 Å². The highest BCUT2D eigenvalue weighted by Gasteiger charge is 2.33. The third-order valence-electron chi connectivity index (χ3n) is 3.51. The van der Waals surface area contributed by atoms with E-state index < -0.39 is 17.7 Å². The number of carbonyl (C=O) groups is 1. The molecule has 1 fully saturated rings. The van der Waals surface area contributed by atoms with Gasteiger partial charge in [0, 0.05) is 25.1 Å². The predicted molar refractivity (Wildman–Crippen MR) is 69.8 cm³/mol. The molecule has 0 saturated carbocycles. The highest BCUT2D eigenvalue weighted by atomic mass is 19.1. The van der Waals surface area contributed by atoms with Crippen molar-refractivity contribution < 1.29 is 23.1 Å². The van der Waals surface area contributed by atoms with Gasteiger partial charge in [0.1, 0.15) is 11.6 Å². The summed E-state index contributed by atoms with van der Waals surface area (Å²) in [7, 11) is 0. The number of amides is 1. The minimum absolute atomic E-state index is 0.0345. The van der Waals surface area contributed by atoms with Crippen molar-refractivity contribution in [1.29, 1.82) is 0 Å². The number of oxime groups is 1. The molecule has 0 spiro atoms. The fraction of sp³-hybridized carbons (Fsp3) is 0.429. The first-order valence-electron chi connectivity index (χ1n) is 6.70. The van der Waals surface area contributed by atoms with Gasteiger partial charge in [-0.1, -0.05) is 5.16 Å². The van der Waals surface area contributed by atoms with Crippen LogP contribution in [0.4, 0.5) is 8.78 Å². The monoisotopic (exact) mass is 296 g/mol. The number of morpholine rings is 1. The number of nitrogens with zero attached hydrogens (tertiary/aromatic N) is 2. The standard InChI is InChI=1S/C14H14F2N2O3/c15-9-1-2-11(16)10(7-9)12-8-13(21-17-12)14(19)18-3-5-20-6-4-18/h1-2,7,13H,3-6,8H2. The van der Waals surface area contributed by atoms with Gasteiger partial charge in [0.25, 0.3) is 5.91 Å². The van der Waals surface area contributed by atoms with Gasteiger partial charge in [0.05, 0.1) is 18.9 Å². The summed E-state index contributed by atoms with van der Waals surface area (Å²) in [6, 6.07) is 3.12. The van der Waals surface area contributed by atoms with E-state index in [1.807, 2.05) is 0 Å². The molecule has 1 aromatic carbocycles. The smallest absolute Gasteiger partial charge is 0.267 e. The van der Waals surface area contributed by atoms with E-state index >= 15 is 0 Å². The van der Waals surface area contributed by atoms with Crippen LogP contribution in [0.2, 0.25) is 0 Å². The summed E-state index contributed by atoms with van der Waals surface area (Å²) in [5.74, 6) is -1.34. The second kappa shape index (κ2) is 5.77. The van der Waals surface area contributed by atoms with Crippen LogP contribution in [0.5, 0.6) is 0 Å². The molecule has 2 aliphatic heterocycles. The molecular weight excluding hydrogens is 282 g/mol. The molecule has 1 unspecified atom stereocenters. The zero-order chi connectivity index (χ0) is 14.8. The second-order valence-corrected chi connectivity index (χ2v) is 4.90. The molecule has 1 saturated heterocycles. The molecule has 2 aliphatic rings. The van der Waals surface area contributed by atoms with Crippen LogP contribution in [-0.4, -0.2) is 48.9 Å². The molecule has 1 aromatic rings. The average molecular weight is 296 g/mol. The van der Waals surface area contributed by atoms with Gasteiger partial charge in [-0.15, -0.1) is 0 Å². The largest absolute Gasteiger partial charge is 0.382 e. The summed E-state index contributed by atoms with van der Waals surface area (Å²) in [5.41, 5.74) is 0.283. The quantitative estimate of drug-likeness (QED) is 0.827. The molecular formula is C14H14F2N2O3. The van der Waals surface area contributed by atoms with Crippen molar-refractivity contribution in [3.8, 4) is 0 Å². The van der Waals surface area contributed by atoms with Gasteiger partial charge in [-0.05, 0) is 18.2 Å². The lowest BCUT2D eigenvalue weighted by molar-refractivity contribution is -0.146. The van der Waals surface area contributed by atoms with Crippen LogP contribution in [0.15, 0.2) is 23.4 Å².